The van der Waals surface area contributed by atoms with Crippen molar-refractivity contribution in [1.82, 2.24) is 4.90 Å². The van der Waals surface area contributed by atoms with E-state index in [0.717, 1.165) is 76.6 Å². The van der Waals surface area contributed by atoms with Crippen LogP contribution in [0.5, 0.6) is 0 Å². The van der Waals surface area contributed by atoms with Crippen molar-refractivity contribution in [3.63, 3.8) is 0 Å². The molecule has 2 bridgehead atoms. The van der Waals surface area contributed by atoms with Gasteiger partial charge in [0.05, 0.1) is 5.41 Å². The van der Waals surface area contributed by atoms with E-state index >= 15 is 0 Å². The highest BCUT2D eigenvalue weighted by Crippen LogP contribution is 2.42. The smallest absolute Gasteiger partial charge is 0.316 e. The van der Waals surface area contributed by atoms with Crippen LogP contribution in [0.25, 0.3) is 0 Å². The first kappa shape index (κ1) is 24.3. The molecule has 182 valence electrons. The Morgan fingerprint density at radius 1 is 1.03 bits per heavy atom. The molecule has 1 aromatic carbocycles. The lowest BCUT2D eigenvalue weighted by atomic mass is 9.69. The highest BCUT2D eigenvalue weighted by atomic mass is 16.6. The van der Waals surface area contributed by atoms with Gasteiger partial charge < -0.3 is 9.47 Å². The van der Waals surface area contributed by atoms with Gasteiger partial charge in [-0.2, -0.15) is 0 Å². The van der Waals surface area contributed by atoms with Crippen LogP contribution in [-0.4, -0.2) is 48.2 Å². The Balaban J connectivity index is 1.38. The van der Waals surface area contributed by atoms with Crippen molar-refractivity contribution >= 4 is 11.9 Å². The molecule has 1 aliphatic carbocycles. The van der Waals surface area contributed by atoms with E-state index in [1.165, 1.54) is 12.0 Å². The number of aryl methyl sites for hydroxylation is 1. The maximum atomic E-state index is 13.6. The number of hydrogen-bond donors (Lipinski definition) is 0. The number of nitrogens with zero attached hydrogens (tertiary/aromatic N) is 1. The Morgan fingerprint density at radius 3 is 2.27 bits per heavy atom. The number of hydrogen-bond acceptors (Lipinski definition) is 5. The molecule has 3 aliphatic heterocycles. The van der Waals surface area contributed by atoms with Crippen LogP contribution in [-0.2, 0) is 30.9 Å². The van der Waals surface area contributed by atoms with Gasteiger partial charge in [0.2, 0.25) is 0 Å². The second kappa shape index (κ2) is 10.2. The van der Waals surface area contributed by atoms with Crippen LogP contribution in [0.2, 0.25) is 0 Å². The molecule has 0 spiro atoms. The minimum Gasteiger partial charge on any atom is -0.460 e. The molecule has 0 N–H and O–H groups in total. The molecular formula is C28H41NO4. The summed E-state index contributed by atoms with van der Waals surface area (Å²) < 4.78 is 11.7. The summed E-state index contributed by atoms with van der Waals surface area (Å²) in [6, 6.07) is 8.52. The molecule has 4 fully saturated rings. The molecule has 3 heterocycles. The second-order valence-electron chi connectivity index (χ2n) is 11.4. The van der Waals surface area contributed by atoms with Crippen LogP contribution >= 0.6 is 0 Å². The number of carbonyl (C=O) groups excluding carboxylic acids is 2. The van der Waals surface area contributed by atoms with Gasteiger partial charge in [-0.3, -0.25) is 14.5 Å². The molecular weight excluding hydrogens is 414 g/mol. The zero-order chi connectivity index (χ0) is 23.5. The molecule has 5 nitrogen and oxygen atoms in total. The van der Waals surface area contributed by atoms with Gasteiger partial charge in [0, 0.05) is 13.0 Å². The van der Waals surface area contributed by atoms with E-state index in [9.17, 15) is 9.59 Å². The predicted octanol–water partition coefficient (Wildman–Crippen LogP) is 5.19. The first-order valence-corrected chi connectivity index (χ1v) is 13.0. The number of esters is 2. The lowest BCUT2D eigenvalue weighted by Gasteiger charge is -2.45. The van der Waals surface area contributed by atoms with Crippen molar-refractivity contribution in [2.45, 2.75) is 102 Å². The van der Waals surface area contributed by atoms with Crippen LogP contribution in [0.4, 0.5) is 0 Å². The third kappa shape index (κ3) is 5.98. The van der Waals surface area contributed by atoms with Crippen LogP contribution < -0.4 is 0 Å². The third-order valence-corrected chi connectivity index (χ3v) is 7.73. The summed E-state index contributed by atoms with van der Waals surface area (Å²) in [6.07, 6.45) is 9.50. The number of piperidine rings is 3. The van der Waals surface area contributed by atoms with Gasteiger partial charge in [-0.05, 0) is 89.4 Å². The van der Waals surface area contributed by atoms with E-state index in [4.69, 9.17) is 9.47 Å². The summed E-state index contributed by atoms with van der Waals surface area (Å²) in [5.41, 5.74) is 1.36. The topological polar surface area (TPSA) is 55.8 Å². The zero-order valence-corrected chi connectivity index (χ0v) is 20.7. The van der Waals surface area contributed by atoms with Gasteiger partial charge in [-0.1, -0.05) is 43.5 Å². The van der Waals surface area contributed by atoms with Crippen molar-refractivity contribution in [3.8, 4) is 0 Å². The van der Waals surface area contributed by atoms with Gasteiger partial charge in [0.1, 0.15) is 11.7 Å². The Kier molecular flexibility index (Phi) is 7.47. The average molecular weight is 456 g/mol. The fourth-order valence-corrected chi connectivity index (χ4v) is 5.88. The maximum Gasteiger partial charge on any atom is 0.316 e. The first-order valence-electron chi connectivity index (χ1n) is 13.0. The molecule has 1 aromatic rings. The van der Waals surface area contributed by atoms with Gasteiger partial charge in [0.15, 0.2) is 0 Å². The number of ether oxygens (including phenoxy) is 2. The third-order valence-electron chi connectivity index (χ3n) is 7.73. The van der Waals surface area contributed by atoms with Crippen LogP contribution in [0.3, 0.4) is 0 Å². The van der Waals surface area contributed by atoms with E-state index < -0.39 is 11.0 Å². The molecule has 5 heteroatoms. The average Bonchev–Trinajstić information content (AvgIpc) is 2.79. The van der Waals surface area contributed by atoms with Crippen molar-refractivity contribution in [1.29, 1.82) is 0 Å². The maximum absolute atomic E-state index is 13.6. The summed E-state index contributed by atoms with van der Waals surface area (Å²) >= 11 is 0. The molecule has 0 radical (unpaired) electrons. The second-order valence-corrected chi connectivity index (χ2v) is 11.4. The van der Waals surface area contributed by atoms with E-state index in [-0.39, 0.29) is 18.0 Å². The summed E-state index contributed by atoms with van der Waals surface area (Å²) in [5, 5.41) is 0. The van der Waals surface area contributed by atoms with Crippen molar-refractivity contribution in [2.75, 3.05) is 19.6 Å². The number of rotatable bonds is 7. The van der Waals surface area contributed by atoms with Crippen molar-refractivity contribution < 1.29 is 19.1 Å². The normalized spacial score (nSPS) is 26.6. The van der Waals surface area contributed by atoms with E-state index in [1.807, 2.05) is 20.8 Å². The monoisotopic (exact) mass is 455 g/mol. The molecule has 0 aromatic heterocycles. The SMILES string of the molecule is CC(C)(C)OC(=O)CCCc1ccc(C2(C(=O)OC3CN4CCC3CC4)CCCCC2)cc1. The number of fused-ring (bicyclic) bond motifs is 3. The molecule has 1 unspecified atom stereocenters. The lowest BCUT2D eigenvalue weighted by Crippen LogP contribution is -2.53. The molecule has 1 saturated carbocycles. The van der Waals surface area contributed by atoms with Gasteiger partial charge >= 0.3 is 11.9 Å². The minimum absolute atomic E-state index is 0.00127. The number of carbonyl (C=O) groups is 2. The Labute approximate surface area is 199 Å². The van der Waals surface area contributed by atoms with Crippen molar-refractivity contribution in [3.05, 3.63) is 35.4 Å². The first-order chi connectivity index (χ1) is 15.7. The van der Waals surface area contributed by atoms with E-state index in [1.54, 1.807) is 0 Å². The number of benzene rings is 1. The van der Waals surface area contributed by atoms with E-state index in [0.29, 0.717) is 12.3 Å². The fraction of sp³-hybridized carbons (Fsp3) is 0.714. The van der Waals surface area contributed by atoms with Gasteiger partial charge in [-0.15, -0.1) is 0 Å². The summed E-state index contributed by atoms with van der Waals surface area (Å²) in [7, 11) is 0. The Morgan fingerprint density at radius 2 is 1.70 bits per heavy atom. The minimum atomic E-state index is -0.501. The largest absolute Gasteiger partial charge is 0.460 e. The van der Waals surface area contributed by atoms with Crippen LogP contribution in [0.15, 0.2) is 24.3 Å². The standard InChI is InChI=1S/C28H41NO4/c1-27(2,3)33-25(30)9-7-8-21-10-12-23(13-11-21)28(16-5-4-6-17-28)26(31)32-24-20-29-18-14-22(24)15-19-29/h10-13,22,24H,4-9,14-20H2,1-3H3. The molecule has 1 atom stereocenters. The molecule has 0 amide bonds. The molecule has 3 saturated heterocycles. The predicted molar refractivity (Wildman–Crippen MR) is 129 cm³/mol. The zero-order valence-electron chi connectivity index (χ0n) is 20.7. The summed E-state index contributed by atoms with van der Waals surface area (Å²) in [6.45, 7) is 8.90. The fourth-order valence-electron chi connectivity index (χ4n) is 5.88. The highest BCUT2D eigenvalue weighted by molar-refractivity contribution is 5.83. The lowest BCUT2D eigenvalue weighted by molar-refractivity contribution is -0.167. The van der Waals surface area contributed by atoms with E-state index in [2.05, 4.69) is 29.2 Å². The van der Waals surface area contributed by atoms with Crippen LogP contribution in [0.1, 0.15) is 89.7 Å². The van der Waals surface area contributed by atoms with Crippen molar-refractivity contribution in [2.24, 2.45) is 5.92 Å². The quantitative estimate of drug-likeness (QED) is 0.530. The van der Waals surface area contributed by atoms with Crippen LogP contribution in [0, 0.1) is 5.92 Å². The van der Waals surface area contributed by atoms with Gasteiger partial charge in [-0.25, -0.2) is 0 Å². The summed E-state index contributed by atoms with van der Waals surface area (Å²) in [5.74, 6) is 0.390. The Hall–Kier alpha value is -1.88. The molecule has 4 aliphatic rings. The molecule has 33 heavy (non-hydrogen) atoms. The summed E-state index contributed by atoms with van der Waals surface area (Å²) in [4.78, 5) is 28.0. The highest BCUT2D eigenvalue weighted by Gasteiger charge is 2.45. The molecule has 5 rings (SSSR count). The Bertz CT molecular complexity index is 811. The van der Waals surface area contributed by atoms with Gasteiger partial charge in [0.25, 0.3) is 0 Å².